The Morgan fingerprint density at radius 2 is 1.76 bits per heavy atom. The average molecular weight is 479 g/mol. The van der Waals surface area contributed by atoms with E-state index in [1.165, 1.54) is 11.1 Å². The van der Waals surface area contributed by atoms with Gasteiger partial charge in [0.2, 0.25) is 0 Å². The normalized spacial score (nSPS) is 12.2. The van der Waals surface area contributed by atoms with Crippen molar-refractivity contribution < 1.29 is 0 Å². The molecular weight excluding hydrogens is 440 g/mol. The van der Waals surface area contributed by atoms with Crippen LogP contribution in [0.5, 0.6) is 0 Å². The molecule has 0 fully saturated rings. The molecule has 0 spiro atoms. The molecule has 5 nitrogen and oxygen atoms in total. The molecule has 0 saturated heterocycles. The van der Waals surface area contributed by atoms with Gasteiger partial charge in [-0.25, -0.2) is 0 Å². The van der Waals surface area contributed by atoms with Gasteiger partial charge in [-0.15, -0.1) is 0 Å². The van der Waals surface area contributed by atoms with E-state index in [0.29, 0.717) is 11.7 Å². The molecule has 0 aliphatic heterocycles. The second kappa shape index (κ2) is 12.1. The molecule has 3 rings (SSSR count). The Morgan fingerprint density at radius 3 is 2.44 bits per heavy atom. The number of benzene rings is 2. The Balaban J connectivity index is 1.83. The number of H-pyrrole nitrogens is 1. The molecule has 0 aliphatic rings. The molecule has 2 aromatic carbocycles. The Hall–Kier alpha value is -2.70. The quantitative estimate of drug-likeness (QED) is 0.387. The van der Waals surface area contributed by atoms with Gasteiger partial charge in [-0.05, 0) is 87.9 Å². The van der Waals surface area contributed by atoms with Crippen LogP contribution in [0.1, 0.15) is 55.5 Å². The molecule has 3 aromatic rings. The third-order valence-electron chi connectivity index (χ3n) is 6.47. The van der Waals surface area contributed by atoms with Crippen molar-refractivity contribution in [2.75, 3.05) is 26.2 Å². The Kier molecular flexibility index (Phi) is 9.25. The van der Waals surface area contributed by atoms with E-state index >= 15 is 0 Å². The summed E-state index contributed by atoms with van der Waals surface area (Å²) in [6.07, 6.45) is 0.979. The van der Waals surface area contributed by atoms with Crippen LogP contribution in [0.15, 0.2) is 53.3 Å². The fraction of sp³-hybridized carbons (Fsp3) is 0.429. The van der Waals surface area contributed by atoms with Crippen molar-refractivity contribution in [2.45, 2.75) is 53.6 Å². The van der Waals surface area contributed by atoms with Gasteiger partial charge in [-0.2, -0.15) is 0 Å². The number of thiocarbonyl (C=S) groups is 1. The minimum absolute atomic E-state index is 0.0508. The number of nitrogens with one attached hydrogen (secondary N) is 2. The zero-order valence-electron chi connectivity index (χ0n) is 21.1. The van der Waals surface area contributed by atoms with Gasteiger partial charge >= 0.3 is 0 Å². The van der Waals surface area contributed by atoms with Crippen molar-refractivity contribution in [3.05, 3.63) is 81.1 Å². The summed E-state index contributed by atoms with van der Waals surface area (Å²) >= 11 is 5.86. The monoisotopic (exact) mass is 478 g/mol. The first-order valence-corrected chi connectivity index (χ1v) is 12.7. The highest BCUT2D eigenvalue weighted by Crippen LogP contribution is 2.19. The molecule has 1 atom stereocenters. The van der Waals surface area contributed by atoms with Gasteiger partial charge in [-0.1, -0.05) is 50.2 Å². The van der Waals surface area contributed by atoms with Crippen LogP contribution in [0.4, 0.5) is 0 Å². The van der Waals surface area contributed by atoms with Crippen LogP contribution in [-0.4, -0.2) is 46.1 Å². The van der Waals surface area contributed by atoms with E-state index in [1.54, 1.807) is 0 Å². The summed E-state index contributed by atoms with van der Waals surface area (Å²) in [4.78, 5) is 20.6. The lowest BCUT2D eigenvalue weighted by Crippen LogP contribution is -2.42. The number of rotatable bonds is 10. The lowest BCUT2D eigenvalue weighted by molar-refractivity contribution is 0.279. The number of aromatic nitrogens is 1. The summed E-state index contributed by atoms with van der Waals surface area (Å²) in [5, 5.41) is 5.25. The molecule has 0 unspecified atom stereocenters. The summed E-state index contributed by atoms with van der Waals surface area (Å²) in [5.41, 5.74) is 5.06. The maximum atomic E-state index is 13.0. The fourth-order valence-electron chi connectivity index (χ4n) is 4.42. The number of pyridine rings is 1. The maximum absolute atomic E-state index is 13.0. The van der Waals surface area contributed by atoms with E-state index in [9.17, 15) is 4.79 Å². The highest BCUT2D eigenvalue weighted by Gasteiger charge is 2.16. The fourth-order valence-corrected chi connectivity index (χ4v) is 4.75. The molecule has 0 saturated carbocycles. The maximum Gasteiger partial charge on any atom is 0.253 e. The second-order valence-electron chi connectivity index (χ2n) is 9.05. The van der Waals surface area contributed by atoms with E-state index in [2.05, 4.69) is 66.0 Å². The van der Waals surface area contributed by atoms with Gasteiger partial charge < -0.3 is 20.1 Å². The largest absolute Gasteiger partial charge is 0.356 e. The number of aromatic amines is 1. The molecule has 0 aliphatic carbocycles. The third kappa shape index (κ3) is 6.67. The summed E-state index contributed by atoms with van der Waals surface area (Å²) in [5.74, 6) is 0. The zero-order valence-corrected chi connectivity index (χ0v) is 22.0. The van der Waals surface area contributed by atoms with E-state index in [-0.39, 0.29) is 11.6 Å². The molecule has 0 bridgehead atoms. The van der Waals surface area contributed by atoms with Crippen molar-refractivity contribution in [1.29, 1.82) is 0 Å². The topological polar surface area (TPSA) is 51.4 Å². The lowest BCUT2D eigenvalue weighted by atomic mass is 10.0. The molecule has 0 amide bonds. The number of fused-ring (bicyclic) bond motifs is 1. The van der Waals surface area contributed by atoms with Gasteiger partial charge in [0.25, 0.3) is 5.56 Å². The first kappa shape index (κ1) is 25.9. The van der Waals surface area contributed by atoms with Crippen LogP contribution in [-0.2, 0) is 6.54 Å². The smallest absolute Gasteiger partial charge is 0.253 e. The minimum atomic E-state index is -0.0508. The van der Waals surface area contributed by atoms with Gasteiger partial charge in [-0.3, -0.25) is 4.79 Å². The molecule has 1 heterocycles. The van der Waals surface area contributed by atoms with Gasteiger partial charge in [0.1, 0.15) is 0 Å². The van der Waals surface area contributed by atoms with Gasteiger partial charge in [0.05, 0.1) is 12.6 Å². The van der Waals surface area contributed by atoms with Crippen LogP contribution in [0.2, 0.25) is 0 Å². The van der Waals surface area contributed by atoms with Crippen LogP contribution >= 0.6 is 12.2 Å². The lowest BCUT2D eigenvalue weighted by Gasteiger charge is -2.29. The Bertz CT molecular complexity index is 1150. The average Bonchev–Trinajstić information content (AvgIpc) is 2.82. The van der Waals surface area contributed by atoms with E-state index < -0.39 is 0 Å². The predicted octanol–water partition coefficient (Wildman–Crippen LogP) is 5.31. The zero-order chi connectivity index (χ0) is 24.7. The van der Waals surface area contributed by atoms with Crippen molar-refractivity contribution in [1.82, 2.24) is 20.1 Å². The number of nitrogens with zero attached hydrogens (tertiary/aromatic N) is 2. The molecule has 182 valence electrons. The Morgan fingerprint density at radius 1 is 1.06 bits per heavy atom. The molecule has 2 N–H and O–H groups in total. The van der Waals surface area contributed by atoms with Crippen molar-refractivity contribution in [3.63, 3.8) is 0 Å². The predicted molar refractivity (Wildman–Crippen MR) is 147 cm³/mol. The number of hydrogen-bond acceptors (Lipinski definition) is 3. The van der Waals surface area contributed by atoms with Crippen LogP contribution in [0.3, 0.4) is 0 Å². The molecule has 1 aromatic heterocycles. The highest BCUT2D eigenvalue weighted by molar-refractivity contribution is 7.80. The van der Waals surface area contributed by atoms with E-state index in [4.69, 9.17) is 12.2 Å². The van der Waals surface area contributed by atoms with E-state index in [0.717, 1.165) is 54.6 Å². The van der Waals surface area contributed by atoms with Crippen LogP contribution in [0.25, 0.3) is 10.9 Å². The number of hydrogen-bond donors (Lipinski definition) is 2. The van der Waals surface area contributed by atoms with Crippen LogP contribution in [0, 0.1) is 13.8 Å². The summed E-state index contributed by atoms with van der Waals surface area (Å²) < 4.78 is 0. The summed E-state index contributed by atoms with van der Waals surface area (Å²) in [6.45, 7) is 15.0. The third-order valence-corrected chi connectivity index (χ3v) is 6.85. The van der Waals surface area contributed by atoms with Gasteiger partial charge in [0, 0.05) is 23.0 Å². The minimum Gasteiger partial charge on any atom is -0.356 e. The molecule has 34 heavy (non-hydrogen) atoms. The highest BCUT2D eigenvalue weighted by atomic mass is 32.1. The van der Waals surface area contributed by atoms with Crippen molar-refractivity contribution in [2.24, 2.45) is 0 Å². The van der Waals surface area contributed by atoms with E-state index in [1.807, 2.05) is 37.3 Å². The molecule has 0 radical (unpaired) electrons. The van der Waals surface area contributed by atoms with Crippen LogP contribution < -0.4 is 10.9 Å². The first-order chi connectivity index (χ1) is 16.3. The van der Waals surface area contributed by atoms with Crippen molar-refractivity contribution >= 4 is 28.2 Å². The summed E-state index contributed by atoms with van der Waals surface area (Å²) in [7, 11) is 0. The standard InChI is InChI=1S/C28H38N4OS/c1-6-31(7-2)14-11-15-32(28(34)29-22(5)23-12-9-8-10-13-23)19-24-18-25-21(4)16-20(3)17-26(25)30-27(24)33/h8-10,12-13,16-18,22H,6-7,11,14-15,19H2,1-5H3,(H,29,34)(H,30,33)/t22-/m1/s1. The SMILES string of the molecule is CCN(CC)CCCN(Cc1cc2c(C)cc(C)cc2[nH]c1=O)C(=S)N[C@H](C)c1ccccc1. The number of aryl methyl sites for hydroxylation is 2. The summed E-state index contributed by atoms with van der Waals surface area (Å²) in [6, 6.07) is 16.6. The first-order valence-electron chi connectivity index (χ1n) is 12.3. The van der Waals surface area contributed by atoms with Gasteiger partial charge in [0.15, 0.2) is 5.11 Å². The second-order valence-corrected chi connectivity index (χ2v) is 9.44. The van der Waals surface area contributed by atoms with Crippen molar-refractivity contribution in [3.8, 4) is 0 Å². The molecule has 6 heteroatoms. The molecular formula is C28H38N4OS. The Labute approximate surface area is 209 Å².